The van der Waals surface area contributed by atoms with E-state index < -0.39 is 0 Å². The van der Waals surface area contributed by atoms with Crippen molar-refractivity contribution in [1.29, 1.82) is 0 Å². The number of nitrogens with zero attached hydrogens (tertiary/aromatic N) is 1. The highest BCUT2D eigenvalue weighted by atomic mass is 16.4. The van der Waals surface area contributed by atoms with Gasteiger partial charge in [0.1, 0.15) is 16.8 Å². The van der Waals surface area contributed by atoms with E-state index in [1.54, 1.807) is 6.07 Å². The van der Waals surface area contributed by atoms with Crippen LogP contribution < -0.4 is 0 Å². The highest BCUT2D eigenvalue weighted by Gasteiger charge is 2.18. The number of oxazole rings is 1. The van der Waals surface area contributed by atoms with Gasteiger partial charge in [0.05, 0.1) is 0 Å². The van der Waals surface area contributed by atoms with Crippen molar-refractivity contribution in [3.05, 3.63) is 35.4 Å². The van der Waals surface area contributed by atoms with Gasteiger partial charge in [-0.05, 0) is 32.4 Å². The Labute approximate surface area is 98.6 Å². The highest BCUT2D eigenvalue weighted by molar-refractivity contribution is 6.19. The van der Waals surface area contributed by atoms with E-state index in [0.717, 1.165) is 5.56 Å². The lowest BCUT2D eigenvalue weighted by Gasteiger charge is -1.98. The van der Waals surface area contributed by atoms with Crippen LogP contribution in [-0.2, 0) is 4.79 Å². The fraction of sp³-hybridized carbons (Fsp3) is 0.231. The second-order valence-corrected chi connectivity index (χ2v) is 3.96. The Morgan fingerprint density at radius 1 is 1.35 bits per heavy atom. The summed E-state index contributed by atoms with van der Waals surface area (Å²) in [5.41, 5.74) is 2.39. The molecule has 0 aliphatic rings. The fourth-order valence-corrected chi connectivity index (χ4v) is 1.75. The number of fused-ring (bicyclic) bond motifs is 1. The summed E-state index contributed by atoms with van der Waals surface area (Å²) in [6.45, 7) is 4.72. The van der Waals surface area contributed by atoms with Crippen molar-refractivity contribution in [2.45, 2.75) is 20.8 Å². The van der Waals surface area contributed by atoms with E-state index in [-0.39, 0.29) is 23.0 Å². The number of allylic oxidation sites excluding steroid dienone is 2. The second kappa shape index (κ2) is 4.05. The van der Waals surface area contributed by atoms with Crippen LogP contribution in [0.5, 0.6) is 0 Å². The summed E-state index contributed by atoms with van der Waals surface area (Å²) in [5.74, 6) is -0.183. The number of aliphatic hydroxyl groups is 1. The molecule has 4 heteroatoms. The third-order valence-electron chi connectivity index (χ3n) is 2.54. The van der Waals surface area contributed by atoms with Gasteiger partial charge in [-0.1, -0.05) is 12.1 Å². The molecule has 0 fully saturated rings. The standard InChI is InChI=1S/C13H13NO3/c1-7-5-4-6-10-12(7)17-13(14-10)11(8(2)15)9(3)16/h4-6,15H,1-3H3. The Morgan fingerprint density at radius 3 is 2.59 bits per heavy atom. The number of carbonyl (C=O) groups excluding carboxylic acids is 1. The SMILES string of the molecule is CC(=O)C(=C(C)O)c1nc2cccc(C)c2o1. The number of Topliss-reactive ketones (excluding diaryl/α,β-unsaturated/α-hetero) is 1. The van der Waals surface area contributed by atoms with Gasteiger partial charge in [0.25, 0.3) is 0 Å². The van der Waals surface area contributed by atoms with Crippen molar-refractivity contribution in [3.63, 3.8) is 0 Å². The molecule has 17 heavy (non-hydrogen) atoms. The summed E-state index contributed by atoms with van der Waals surface area (Å²) in [5, 5.41) is 9.49. The average Bonchev–Trinajstić information content (AvgIpc) is 2.61. The Morgan fingerprint density at radius 2 is 2.06 bits per heavy atom. The van der Waals surface area contributed by atoms with Crippen LogP contribution in [0.3, 0.4) is 0 Å². The van der Waals surface area contributed by atoms with Crippen LogP contribution in [0.4, 0.5) is 0 Å². The van der Waals surface area contributed by atoms with E-state index in [2.05, 4.69) is 4.98 Å². The Hall–Kier alpha value is -2.10. The highest BCUT2D eigenvalue weighted by Crippen LogP contribution is 2.25. The van der Waals surface area contributed by atoms with Gasteiger partial charge in [-0.2, -0.15) is 0 Å². The number of ketones is 1. The van der Waals surface area contributed by atoms with Gasteiger partial charge >= 0.3 is 0 Å². The number of rotatable bonds is 2. The van der Waals surface area contributed by atoms with Crippen LogP contribution in [0, 0.1) is 6.92 Å². The first-order valence-electron chi connectivity index (χ1n) is 5.28. The van der Waals surface area contributed by atoms with Gasteiger partial charge in [-0.3, -0.25) is 4.79 Å². The zero-order valence-electron chi connectivity index (χ0n) is 9.94. The molecule has 0 aliphatic heterocycles. The van der Waals surface area contributed by atoms with Crippen LogP contribution in [-0.4, -0.2) is 15.9 Å². The van der Waals surface area contributed by atoms with Crippen molar-refractivity contribution in [2.24, 2.45) is 0 Å². The number of para-hydroxylation sites is 1. The average molecular weight is 231 g/mol. The molecule has 1 heterocycles. The smallest absolute Gasteiger partial charge is 0.234 e. The predicted molar refractivity (Wildman–Crippen MR) is 64.6 cm³/mol. The van der Waals surface area contributed by atoms with Crippen LogP contribution in [0.25, 0.3) is 16.7 Å². The predicted octanol–water partition coefficient (Wildman–Crippen LogP) is 3.01. The van der Waals surface area contributed by atoms with Gasteiger partial charge in [-0.25, -0.2) is 4.98 Å². The Bertz CT molecular complexity index is 619. The van der Waals surface area contributed by atoms with Crippen molar-refractivity contribution in [3.8, 4) is 0 Å². The third kappa shape index (κ3) is 1.93. The van der Waals surface area contributed by atoms with Crippen LogP contribution in [0.2, 0.25) is 0 Å². The molecule has 1 aromatic carbocycles. The molecule has 88 valence electrons. The van der Waals surface area contributed by atoms with Gasteiger partial charge in [-0.15, -0.1) is 0 Å². The van der Waals surface area contributed by atoms with E-state index in [0.29, 0.717) is 11.1 Å². The molecule has 1 aromatic heterocycles. The van der Waals surface area contributed by atoms with Crippen molar-refractivity contribution in [1.82, 2.24) is 4.98 Å². The molecule has 0 unspecified atom stereocenters. The topological polar surface area (TPSA) is 63.3 Å². The molecule has 0 spiro atoms. The Kier molecular flexibility index (Phi) is 2.71. The molecule has 0 radical (unpaired) electrons. The van der Waals surface area contributed by atoms with Crippen molar-refractivity contribution < 1.29 is 14.3 Å². The molecule has 1 N–H and O–H groups in total. The lowest BCUT2D eigenvalue weighted by atomic mass is 10.1. The molecule has 0 saturated carbocycles. The van der Waals surface area contributed by atoms with Gasteiger partial charge in [0, 0.05) is 0 Å². The maximum atomic E-state index is 11.4. The number of aliphatic hydroxyl groups excluding tert-OH is 1. The second-order valence-electron chi connectivity index (χ2n) is 3.96. The largest absolute Gasteiger partial charge is 0.512 e. The first-order valence-corrected chi connectivity index (χ1v) is 5.28. The van der Waals surface area contributed by atoms with Crippen molar-refractivity contribution in [2.75, 3.05) is 0 Å². The molecular weight excluding hydrogens is 218 g/mol. The summed E-state index contributed by atoms with van der Waals surface area (Å²) in [7, 11) is 0. The van der Waals surface area contributed by atoms with Gasteiger partial charge in [0.2, 0.25) is 5.89 Å². The third-order valence-corrected chi connectivity index (χ3v) is 2.54. The Balaban J connectivity index is 2.69. The number of benzene rings is 1. The molecular formula is C13H13NO3. The molecule has 0 aliphatic carbocycles. The summed E-state index contributed by atoms with van der Waals surface area (Å²) < 4.78 is 5.53. The van der Waals surface area contributed by atoms with E-state index in [4.69, 9.17) is 4.42 Å². The maximum Gasteiger partial charge on any atom is 0.234 e. The lowest BCUT2D eigenvalue weighted by Crippen LogP contribution is -1.99. The minimum atomic E-state index is -0.269. The van der Waals surface area contributed by atoms with Gasteiger partial charge < -0.3 is 9.52 Å². The van der Waals surface area contributed by atoms with E-state index in [1.807, 2.05) is 19.1 Å². The molecule has 2 aromatic rings. The van der Waals surface area contributed by atoms with Crippen LogP contribution in [0.15, 0.2) is 28.4 Å². The van der Waals surface area contributed by atoms with E-state index in [9.17, 15) is 9.90 Å². The summed E-state index contributed by atoms with van der Waals surface area (Å²) in [6.07, 6.45) is 0. The van der Waals surface area contributed by atoms with Crippen LogP contribution in [0.1, 0.15) is 25.3 Å². The zero-order chi connectivity index (χ0) is 12.6. The maximum absolute atomic E-state index is 11.4. The normalized spacial score (nSPS) is 12.6. The zero-order valence-corrected chi connectivity index (χ0v) is 9.94. The minimum Gasteiger partial charge on any atom is -0.512 e. The number of hydrogen-bond donors (Lipinski definition) is 1. The molecule has 4 nitrogen and oxygen atoms in total. The molecule has 0 amide bonds. The molecule has 2 rings (SSSR count). The molecule has 0 bridgehead atoms. The van der Waals surface area contributed by atoms with Crippen LogP contribution >= 0.6 is 0 Å². The number of aryl methyl sites for hydroxylation is 1. The summed E-state index contributed by atoms with van der Waals surface area (Å²) in [6, 6.07) is 5.58. The summed E-state index contributed by atoms with van der Waals surface area (Å²) in [4.78, 5) is 15.6. The molecule has 0 saturated heterocycles. The van der Waals surface area contributed by atoms with E-state index in [1.165, 1.54) is 13.8 Å². The number of aromatic nitrogens is 1. The van der Waals surface area contributed by atoms with Crippen molar-refractivity contribution >= 4 is 22.5 Å². The van der Waals surface area contributed by atoms with E-state index >= 15 is 0 Å². The quantitative estimate of drug-likeness (QED) is 0.637. The fourth-order valence-electron chi connectivity index (χ4n) is 1.75. The summed E-state index contributed by atoms with van der Waals surface area (Å²) >= 11 is 0. The number of carbonyl (C=O) groups is 1. The monoisotopic (exact) mass is 231 g/mol. The number of hydrogen-bond acceptors (Lipinski definition) is 4. The first-order chi connectivity index (χ1) is 8.00. The lowest BCUT2D eigenvalue weighted by molar-refractivity contribution is -0.112. The first kappa shape index (κ1) is 11.4. The molecule has 0 atom stereocenters. The van der Waals surface area contributed by atoms with Gasteiger partial charge in [0.15, 0.2) is 11.4 Å². The minimum absolute atomic E-state index is 0.0818.